The van der Waals surface area contributed by atoms with E-state index in [0.717, 1.165) is 61.5 Å². The Bertz CT molecular complexity index is 516. The van der Waals surface area contributed by atoms with Crippen LogP contribution in [0.1, 0.15) is 46.7 Å². The fourth-order valence-corrected chi connectivity index (χ4v) is 3.28. The van der Waals surface area contributed by atoms with Crippen molar-refractivity contribution in [2.45, 2.75) is 46.1 Å². The van der Waals surface area contributed by atoms with E-state index in [0.29, 0.717) is 6.04 Å². The first-order valence-corrected chi connectivity index (χ1v) is 8.12. The van der Waals surface area contributed by atoms with E-state index in [4.69, 9.17) is 9.52 Å². The Balaban J connectivity index is 1.95. The number of nitrogens with zero attached hydrogens (tertiary/aromatic N) is 2. The molecule has 0 spiro atoms. The molecule has 1 amide bonds. The third kappa shape index (κ3) is 3.52. The lowest BCUT2D eigenvalue weighted by molar-refractivity contribution is 0.0639. The molecule has 1 aliphatic rings. The molecule has 1 aliphatic heterocycles. The predicted octanol–water partition coefficient (Wildman–Crippen LogP) is 2.12. The van der Waals surface area contributed by atoms with Crippen molar-refractivity contribution in [3.8, 4) is 0 Å². The molecule has 5 heteroatoms. The first kappa shape index (κ1) is 17.0. The average molecular weight is 308 g/mol. The highest BCUT2D eigenvalue weighted by Crippen LogP contribution is 2.24. The van der Waals surface area contributed by atoms with Gasteiger partial charge in [-0.3, -0.25) is 4.79 Å². The number of aryl methyl sites for hydroxylation is 2. The second-order valence-electron chi connectivity index (χ2n) is 6.30. The molecule has 0 aliphatic carbocycles. The molecule has 0 saturated carbocycles. The minimum absolute atomic E-state index is 0.100. The van der Waals surface area contributed by atoms with Crippen molar-refractivity contribution < 1.29 is 14.3 Å². The summed E-state index contributed by atoms with van der Waals surface area (Å²) in [5.41, 5.74) is 1.70. The summed E-state index contributed by atoms with van der Waals surface area (Å²) in [5.74, 6) is 1.66. The van der Waals surface area contributed by atoms with Crippen LogP contribution in [-0.4, -0.2) is 60.1 Å². The summed E-state index contributed by atoms with van der Waals surface area (Å²) in [6.45, 7) is 8.44. The van der Waals surface area contributed by atoms with Crippen LogP contribution in [0, 0.1) is 20.8 Å². The molecular weight excluding hydrogens is 280 g/mol. The van der Waals surface area contributed by atoms with Crippen LogP contribution in [0.2, 0.25) is 0 Å². The van der Waals surface area contributed by atoms with Crippen molar-refractivity contribution in [2.75, 3.05) is 33.3 Å². The zero-order chi connectivity index (χ0) is 16.3. The summed E-state index contributed by atoms with van der Waals surface area (Å²) in [4.78, 5) is 17.0. The van der Waals surface area contributed by atoms with Gasteiger partial charge in [-0.1, -0.05) is 0 Å². The van der Waals surface area contributed by atoms with Crippen LogP contribution in [0.4, 0.5) is 0 Å². The van der Waals surface area contributed by atoms with Crippen molar-refractivity contribution >= 4 is 5.91 Å². The fraction of sp³-hybridized carbons (Fsp3) is 0.706. The summed E-state index contributed by atoms with van der Waals surface area (Å²) < 4.78 is 5.58. The molecule has 124 valence electrons. The number of amides is 1. The number of aliphatic hydroxyl groups is 1. The topological polar surface area (TPSA) is 56.9 Å². The number of carbonyl (C=O) groups excluding carboxylic acids is 1. The maximum Gasteiger partial charge on any atom is 0.257 e. The maximum absolute atomic E-state index is 12.7. The second-order valence-corrected chi connectivity index (χ2v) is 6.30. The highest BCUT2D eigenvalue weighted by molar-refractivity contribution is 5.96. The second kappa shape index (κ2) is 7.29. The Morgan fingerprint density at radius 3 is 2.41 bits per heavy atom. The summed E-state index contributed by atoms with van der Waals surface area (Å²) in [5, 5.41) is 8.92. The van der Waals surface area contributed by atoms with Gasteiger partial charge in [0.05, 0.1) is 5.56 Å². The summed E-state index contributed by atoms with van der Waals surface area (Å²) in [6, 6.07) is 0.504. The lowest BCUT2D eigenvalue weighted by atomic mass is 10.0. The van der Waals surface area contributed by atoms with E-state index in [1.54, 1.807) is 0 Å². The van der Waals surface area contributed by atoms with Crippen LogP contribution in [0.15, 0.2) is 4.42 Å². The molecule has 5 nitrogen and oxygen atoms in total. The third-order valence-electron chi connectivity index (χ3n) is 4.82. The highest BCUT2D eigenvalue weighted by Gasteiger charge is 2.28. The SMILES string of the molecule is Cc1oc(C)c(C(=O)N2CCC(N(C)CCCO)CC2)c1C. The molecule has 1 fully saturated rings. The molecule has 0 unspecified atom stereocenters. The van der Waals surface area contributed by atoms with E-state index in [9.17, 15) is 4.79 Å². The van der Waals surface area contributed by atoms with Gasteiger partial charge in [0.15, 0.2) is 0 Å². The van der Waals surface area contributed by atoms with Gasteiger partial charge in [0.1, 0.15) is 11.5 Å². The molecule has 1 N–H and O–H groups in total. The van der Waals surface area contributed by atoms with E-state index < -0.39 is 0 Å². The molecule has 0 bridgehead atoms. The largest absolute Gasteiger partial charge is 0.466 e. The minimum atomic E-state index is 0.100. The summed E-state index contributed by atoms with van der Waals surface area (Å²) in [7, 11) is 2.10. The van der Waals surface area contributed by atoms with Gasteiger partial charge in [0, 0.05) is 37.8 Å². The molecule has 1 saturated heterocycles. The molecule has 22 heavy (non-hydrogen) atoms. The molecular formula is C17H28N2O3. The smallest absolute Gasteiger partial charge is 0.257 e. The highest BCUT2D eigenvalue weighted by atomic mass is 16.3. The van der Waals surface area contributed by atoms with Crippen molar-refractivity contribution in [1.29, 1.82) is 0 Å². The normalized spacial score (nSPS) is 16.5. The lowest BCUT2D eigenvalue weighted by Gasteiger charge is -2.36. The number of aliphatic hydroxyl groups excluding tert-OH is 1. The Labute approximate surface area is 132 Å². The zero-order valence-electron chi connectivity index (χ0n) is 14.2. The number of likely N-dealkylation sites (tertiary alicyclic amines) is 1. The van der Waals surface area contributed by atoms with Gasteiger partial charge in [-0.2, -0.15) is 0 Å². The monoisotopic (exact) mass is 308 g/mol. The Morgan fingerprint density at radius 1 is 1.27 bits per heavy atom. The van der Waals surface area contributed by atoms with Crippen LogP contribution in [0.25, 0.3) is 0 Å². The van der Waals surface area contributed by atoms with Crippen LogP contribution in [-0.2, 0) is 0 Å². The third-order valence-corrected chi connectivity index (χ3v) is 4.82. The van der Waals surface area contributed by atoms with Gasteiger partial charge >= 0.3 is 0 Å². The van der Waals surface area contributed by atoms with Crippen molar-refractivity contribution in [3.05, 3.63) is 22.6 Å². The molecule has 1 aromatic heterocycles. The van der Waals surface area contributed by atoms with Crippen LogP contribution in [0.3, 0.4) is 0 Å². The molecule has 0 aromatic carbocycles. The molecule has 0 radical (unpaired) electrons. The van der Waals surface area contributed by atoms with Crippen molar-refractivity contribution in [3.63, 3.8) is 0 Å². The van der Waals surface area contributed by atoms with Crippen LogP contribution < -0.4 is 0 Å². The first-order chi connectivity index (χ1) is 10.5. The van der Waals surface area contributed by atoms with Gasteiger partial charge in [-0.25, -0.2) is 0 Å². The van der Waals surface area contributed by atoms with E-state index >= 15 is 0 Å². The Hall–Kier alpha value is -1.33. The van der Waals surface area contributed by atoms with E-state index in [-0.39, 0.29) is 12.5 Å². The first-order valence-electron chi connectivity index (χ1n) is 8.12. The van der Waals surface area contributed by atoms with Crippen LogP contribution >= 0.6 is 0 Å². The molecule has 1 aromatic rings. The number of carbonyl (C=O) groups is 1. The van der Waals surface area contributed by atoms with E-state index in [1.807, 2.05) is 25.7 Å². The van der Waals surface area contributed by atoms with Gasteiger partial charge in [-0.15, -0.1) is 0 Å². The van der Waals surface area contributed by atoms with E-state index in [1.165, 1.54) is 0 Å². The van der Waals surface area contributed by atoms with Crippen molar-refractivity contribution in [2.24, 2.45) is 0 Å². The van der Waals surface area contributed by atoms with Crippen molar-refractivity contribution in [1.82, 2.24) is 9.80 Å². The zero-order valence-corrected chi connectivity index (χ0v) is 14.2. The standard InChI is InChI=1S/C17H28N2O3/c1-12-13(2)22-14(3)16(12)17(21)19-9-6-15(7-10-19)18(4)8-5-11-20/h15,20H,5-11H2,1-4H3. The Kier molecular flexibility index (Phi) is 5.64. The summed E-state index contributed by atoms with van der Waals surface area (Å²) in [6.07, 6.45) is 2.79. The van der Waals surface area contributed by atoms with Gasteiger partial charge in [0.25, 0.3) is 5.91 Å². The minimum Gasteiger partial charge on any atom is -0.466 e. The number of hydrogen-bond acceptors (Lipinski definition) is 4. The molecule has 2 rings (SSSR count). The maximum atomic E-state index is 12.7. The van der Waals surface area contributed by atoms with Gasteiger partial charge < -0.3 is 19.3 Å². The quantitative estimate of drug-likeness (QED) is 0.905. The predicted molar refractivity (Wildman–Crippen MR) is 86.2 cm³/mol. The van der Waals surface area contributed by atoms with Gasteiger partial charge in [-0.05, 0) is 47.1 Å². The molecule has 2 heterocycles. The van der Waals surface area contributed by atoms with Crippen LogP contribution in [0.5, 0.6) is 0 Å². The summed E-state index contributed by atoms with van der Waals surface area (Å²) >= 11 is 0. The lowest BCUT2D eigenvalue weighted by Crippen LogP contribution is -2.46. The number of rotatable bonds is 5. The van der Waals surface area contributed by atoms with E-state index in [2.05, 4.69) is 11.9 Å². The number of furan rings is 1. The average Bonchev–Trinajstić information content (AvgIpc) is 2.77. The number of piperidine rings is 1. The fourth-order valence-electron chi connectivity index (χ4n) is 3.28. The Morgan fingerprint density at radius 2 is 1.91 bits per heavy atom. The number of hydrogen-bond donors (Lipinski definition) is 1. The van der Waals surface area contributed by atoms with Gasteiger partial charge in [0.2, 0.25) is 0 Å². The molecule has 0 atom stereocenters.